The van der Waals surface area contributed by atoms with E-state index in [1.165, 1.54) is 12.1 Å². The van der Waals surface area contributed by atoms with Crippen LogP contribution in [-0.4, -0.2) is 28.1 Å². The number of sulfone groups is 1. The zero-order valence-electron chi connectivity index (χ0n) is 14.1. The summed E-state index contributed by atoms with van der Waals surface area (Å²) in [6.07, 6.45) is 0. The Morgan fingerprint density at radius 2 is 1.54 bits per heavy atom. The molecule has 0 heterocycles. The highest BCUT2D eigenvalue weighted by Crippen LogP contribution is 2.29. The molecule has 0 aliphatic rings. The first-order chi connectivity index (χ1) is 11.4. The monoisotopic (exact) mass is 351 g/mol. The molecule has 0 unspecified atom stereocenters. The van der Waals surface area contributed by atoms with E-state index in [4.69, 9.17) is 0 Å². The molecule has 0 fully saturated rings. The molecule has 2 rings (SSSR count). The van der Waals surface area contributed by atoms with Crippen LogP contribution in [0.4, 0.5) is 10.1 Å². The molecule has 0 bridgehead atoms. The minimum absolute atomic E-state index is 0.116. The summed E-state index contributed by atoms with van der Waals surface area (Å²) in [4.78, 5) is 2.31. The number of hydrogen-bond acceptors (Lipinski definition) is 3. The fraction of sp³-hybridized carbons (Fsp3) is 0.333. The molecule has 0 saturated carbocycles. The van der Waals surface area contributed by atoms with Crippen LogP contribution >= 0.6 is 0 Å². The van der Waals surface area contributed by atoms with Crippen molar-refractivity contribution in [1.29, 1.82) is 0 Å². The van der Waals surface area contributed by atoms with Crippen LogP contribution in [0.1, 0.15) is 24.7 Å². The molecule has 24 heavy (non-hydrogen) atoms. The highest BCUT2D eigenvalue weighted by atomic mass is 32.2. The molecule has 0 spiro atoms. The Bertz CT molecular complexity index is 755. The number of halogens is 1. The summed E-state index contributed by atoms with van der Waals surface area (Å²) in [5, 5.41) is -0.742. The van der Waals surface area contributed by atoms with Crippen LogP contribution in [0.3, 0.4) is 0 Å². The van der Waals surface area contributed by atoms with Crippen molar-refractivity contribution < 1.29 is 18.5 Å². The second-order valence-corrected chi connectivity index (χ2v) is 7.67. The van der Waals surface area contributed by atoms with E-state index in [0.29, 0.717) is 5.56 Å². The molecule has 2 aromatic carbocycles. The van der Waals surface area contributed by atoms with Gasteiger partial charge in [0.25, 0.3) is 0 Å². The van der Waals surface area contributed by atoms with Gasteiger partial charge in [0.05, 0.1) is 11.4 Å². The van der Waals surface area contributed by atoms with E-state index in [9.17, 15) is 12.8 Å². The zero-order chi connectivity index (χ0) is 17.7. The van der Waals surface area contributed by atoms with Crippen LogP contribution in [0.5, 0.6) is 0 Å². The maximum absolute atomic E-state index is 13.1. The van der Waals surface area contributed by atoms with Crippen LogP contribution in [0.15, 0.2) is 53.4 Å². The first-order valence-corrected chi connectivity index (χ1v) is 9.62. The summed E-state index contributed by atoms with van der Waals surface area (Å²) in [6.45, 7) is 6.15. The molecule has 2 aromatic rings. The Hall–Kier alpha value is -1.92. The summed E-state index contributed by atoms with van der Waals surface area (Å²) < 4.78 is 38.7. The summed E-state index contributed by atoms with van der Waals surface area (Å²) in [6, 6.07) is 12.5. The maximum atomic E-state index is 13.1. The Balaban J connectivity index is 2.35. The highest BCUT2D eigenvalue weighted by molar-refractivity contribution is 7.91. The Labute approximate surface area is 143 Å². The van der Waals surface area contributed by atoms with Crippen molar-refractivity contribution in [3.05, 3.63) is 59.9 Å². The number of rotatable bonds is 7. The van der Waals surface area contributed by atoms with Crippen LogP contribution in [0.2, 0.25) is 0 Å². The lowest BCUT2D eigenvalue weighted by atomic mass is 10.1. The van der Waals surface area contributed by atoms with E-state index in [-0.39, 0.29) is 11.4 Å². The van der Waals surface area contributed by atoms with Gasteiger partial charge in [0.1, 0.15) is 11.1 Å². The average molecular weight is 351 g/mol. The van der Waals surface area contributed by atoms with E-state index < -0.39 is 20.9 Å². The predicted octanol–water partition coefficient (Wildman–Crippen LogP) is 2.43. The van der Waals surface area contributed by atoms with Crippen molar-refractivity contribution in [2.75, 3.05) is 24.5 Å². The topological polar surface area (TPSA) is 65.0 Å². The average Bonchev–Trinajstić information content (AvgIpc) is 2.58. The molecule has 0 radical (unpaired) electrons. The van der Waals surface area contributed by atoms with E-state index in [1.807, 2.05) is 24.3 Å². The first-order valence-electron chi connectivity index (χ1n) is 8.07. The molecular weight excluding hydrogens is 327 g/mol. The van der Waals surface area contributed by atoms with Gasteiger partial charge >= 0.3 is 0 Å². The Morgan fingerprint density at radius 1 is 1.00 bits per heavy atom. The fourth-order valence-electron chi connectivity index (χ4n) is 2.78. The SMILES string of the molecule is CCN(CC)c1ccc([C@@H](C[NH3+])S(=O)(=O)c2ccc(F)cc2)cc1. The molecule has 1 atom stereocenters. The molecule has 130 valence electrons. The minimum Gasteiger partial charge on any atom is -0.372 e. The lowest BCUT2D eigenvalue weighted by Gasteiger charge is -2.22. The van der Waals surface area contributed by atoms with Gasteiger partial charge in [0.2, 0.25) is 0 Å². The lowest BCUT2D eigenvalue weighted by molar-refractivity contribution is -0.367. The quantitative estimate of drug-likeness (QED) is 0.779. The van der Waals surface area contributed by atoms with Crippen LogP contribution < -0.4 is 10.6 Å². The normalized spacial score (nSPS) is 12.8. The summed E-state index contributed by atoms with van der Waals surface area (Å²) >= 11 is 0. The van der Waals surface area contributed by atoms with Gasteiger partial charge in [-0.05, 0) is 55.8 Å². The molecule has 0 amide bonds. The summed E-state index contributed by atoms with van der Waals surface area (Å²) in [5.41, 5.74) is 5.56. The smallest absolute Gasteiger partial charge is 0.190 e. The molecule has 0 aliphatic carbocycles. The minimum atomic E-state index is -3.61. The molecule has 0 aromatic heterocycles. The maximum Gasteiger partial charge on any atom is 0.190 e. The van der Waals surface area contributed by atoms with Crippen molar-refractivity contribution in [2.24, 2.45) is 0 Å². The molecule has 0 aliphatic heterocycles. The van der Waals surface area contributed by atoms with Crippen LogP contribution in [0.25, 0.3) is 0 Å². The van der Waals surface area contributed by atoms with Crippen molar-refractivity contribution in [3.8, 4) is 0 Å². The largest absolute Gasteiger partial charge is 0.372 e. The first kappa shape index (κ1) is 18.4. The van der Waals surface area contributed by atoms with Crippen molar-refractivity contribution in [3.63, 3.8) is 0 Å². The van der Waals surface area contributed by atoms with Gasteiger partial charge in [-0.2, -0.15) is 0 Å². The van der Waals surface area contributed by atoms with Crippen molar-refractivity contribution >= 4 is 15.5 Å². The van der Waals surface area contributed by atoms with Crippen molar-refractivity contribution in [2.45, 2.75) is 24.0 Å². The third-order valence-corrected chi connectivity index (χ3v) is 6.36. The van der Waals surface area contributed by atoms with E-state index in [0.717, 1.165) is 30.9 Å². The standard InChI is InChI=1S/C18H23FN2O2S/c1-3-21(4-2)16-9-5-14(6-10-16)18(13-20)24(22,23)17-11-7-15(19)8-12-17/h5-12,18H,3-4,13,20H2,1-2H3/p+1/t18-/m1/s1. The summed E-state index contributed by atoms with van der Waals surface area (Å²) in [7, 11) is -3.61. The molecule has 6 heteroatoms. The van der Waals surface area contributed by atoms with Crippen LogP contribution in [-0.2, 0) is 9.84 Å². The molecule has 0 saturated heterocycles. The Morgan fingerprint density at radius 3 is 2.00 bits per heavy atom. The second-order valence-electron chi connectivity index (χ2n) is 5.54. The number of benzene rings is 2. The fourth-order valence-corrected chi connectivity index (χ4v) is 4.45. The van der Waals surface area contributed by atoms with E-state index >= 15 is 0 Å². The zero-order valence-corrected chi connectivity index (χ0v) is 14.9. The van der Waals surface area contributed by atoms with Crippen molar-refractivity contribution in [1.82, 2.24) is 0 Å². The third kappa shape index (κ3) is 3.76. The number of nitrogens with zero attached hydrogens (tertiary/aromatic N) is 1. The lowest BCUT2D eigenvalue weighted by Crippen LogP contribution is -2.54. The van der Waals surface area contributed by atoms with E-state index in [1.54, 1.807) is 0 Å². The van der Waals surface area contributed by atoms with Gasteiger partial charge in [-0.3, -0.25) is 0 Å². The van der Waals surface area contributed by atoms with Gasteiger partial charge in [0, 0.05) is 18.8 Å². The molecule has 3 N–H and O–H groups in total. The number of anilines is 1. The van der Waals surface area contributed by atoms with Gasteiger partial charge < -0.3 is 10.6 Å². The van der Waals surface area contributed by atoms with Gasteiger partial charge in [0.15, 0.2) is 9.84 Å². The predicted molar refractivity (Wildman–Crippen MR) is 94.1 cm³/mol. The highest BCUT2D eigenvalue weighted by Gasteiger charge is 2.29. The second kappa shape index (κ2) is 7.77. The summed E-state index contributed by atoms with van der Waals surface area (Å²) in [5.74, 6) is -0.455. The number of quaternary nitrogens is 1. The van der Waals surface area contributed by atoms with Gasteiger partial charge in [-0.1, -0.05) is 12.1 Å². The van der Waals surface area contributed by atoms with E-state index in [2.05, 4.69) is 24.5 Å². The molecule has 4 nitrogen and oxygen atoms in total. The number of hydrogen-bond donors (Lipinski definition) is 1. The molecular formula is C18H24FN2O2S+. The van der Waals surface area contributed by atoms with Crippen LogP contribution in [0, 0.1) is 5.82 Å². The van der Waals surface area contributed by atoms with Gasteiger partial charge in [-0.15, -0.1) is 0 Å². The van der Waals surface area contributed by atoms with Gasteiger partial charge in [-0.25, -0.2) is 12.8 Å². The Kier molecular flexibility index (Phi) is 5.96. The third-order valence-electron chi connectivity index (χ3n) is 4.17.